The van der Waals surface area contributed by atoms with E-state index in [0.29, 0.717) is 37.2 Å². The van der Waals surface area contributed by atoms with Crippen molar-refractivity contribution in [2.45, 2.75) is 38.0 Å². The fourth-order valence-electron chi connectivity index (χ4n) is 4.04. The molecule has 0 unspecified atom stereocenters. The first-order valence-electron chi connectivity index (χ1n) is 10.3. The highest BCUT2D eigenvalue weighted by Crippen LogP contribution is 2.30. The summed E-state index contributed by atoms with van der Waals surface area (Å²) in [6.07, 6.45) is 0.599. The van der Waals surface area contributed by atoms with E-state index in [1.165, 1.54) is 9.87 Å². The summed E-state index contributed by atoms with van der Waals surface area (Å²) in [7, 11) is -1.82. The molecule has 0 amide bonds. The predicted molar refractivity (Wildman–Crippen MR) is 122 cm³/mol. The third kappa shape index (κ3) is 3.83. The summed E-state index contributed by atoms with van der Waals surface area (Å²) in [5.74, 6) is 0. The Morgan fingerprint density at radius 3 is 2.72 bits per heavy atom. The number of aromatic nitrogens is 4. The van der Waals surface area contributed by atoms with Gasteiger partial charge in [0.15, 0.2) is 0 Å². The van der Waals surface area contributed by atoms with E-state index in [2.05, 4.69) is 32.9 Å². The lowest BCUT2D eigenvalue weighted by Crippen LogP contribution is -2.36. The van der Waals surface area contributed by atoms with Crippen LogP contribution in [0.2, 0.25) is 0 Å². The molecule has 0 saturated heterocycles. The number of rotatable bonds is 6. The van der Waals surface area contributed by atoms with Crippen molar-refractivity contribution < 1.29 is 13.2 Å². The summed E-state index contributed by atoms with van der Waals surface area (Å²) in [5.41, 5.74) is 6.08. The van der Waals surface area contributed by atoms with Gasteiger partial charge in [0.05, 0.1) is 30.6 Å². The zero-order chi connectivity index (χ0) is 22.3. The fourth-order valence-corrected chi connectivity index (χ4v) is 6.21. The number of fused-ring (bicyclic) bond motifs is 2. The molecule has 0 spiro atoms. The molecule has 0 bridgehead atoms. The first-order valence-corrected chi connectivity index (χ1v) is 12.5. The second-order valence-corrected chi connectivity index (χ2v) is 10.4. The molecular weight excluding hydrogens is 446 g/mol. The van der Waals surface area contributed by atoms with Crippen LogP contribution in [0.3, 0.4) is 0 Å². The Balaban J connectivity index is 1.37. The van der Waals surface area contributed by atoms with Crippen LogP contribution in [0.1, 0.15) is 28.1 Å². The zero-order valence-electron chi connectivity index (χ0n) is 17.9. The van der Waals surface area contributed by atoms with Crippen molar-refractivity contribution >= 4 is 32.8 Å². The molecule has 2 aromatic heterocycles. The third-order valence-corrected chi connectivity index (χ3v) is 8.20. The van der Waals surface area contributed by atoms with E-state index in [9.17, 15) is 8.42 Å². The molecule has 1 aliphatic heterocycles. The van der Waals surface area contributed by atoms with Gasteiger partial charge in [-0.15, -0.1) is 0 Å². The lowest BCUT2D eigenvalue weighted by Gasteiger charge is -2.27. The van der Waals surface area contributed by atoms with E-state index in [0.717, 1.165) is 34.2 Å². The quantitative estimate of drug-likeness (QED) is 0.431. The van der Waals surface area contributed by atoms with E-state index < -0.39 is 10.0 Å². The standard InChI is InChI=1S/C22H23N5O3S2/c1-15-6-8-16(9-7-15)13-30-14-19-17-12-27(11-10-20(17)26(2)23-19)32(28,29)21-5-3-4-18-22(21)25-31-24-18/h3-9H,10-14H2,1-2H3. The highest BCUT2D eigenvalue weighted by Gasteiger charge is 2.33. The molecule has 4 aromatic rings. The Hall–Kier alpha value is -2.66. The van der Waals surface area contributed by atoms with Gasteiger partial charge in [0, 0.05) is 37.8 Å². The molecule has 1 aliphatic rings. The summed E-state index contributed by atoms with van der Waals surface area (Å²) in [6, 6.07) is 13.3. The van der Waals surface area contributed by atoms with Crippen LogP contribution < -0.4 is 0 Å². The van der Waals surface area contributed by atoms with Crippen LogP contribution in [-0.2, 0) is 48.0 Å². The van der Waals surface area contributed by atoms with Gasteiger partial charge in [-0.05, 0) is 24.6 Å². The smallest absolute Gasteiger partial charge is 0.245 e. The van der Waals surface area contributed by atoms with E-state index in [1.54, 1.807) is 18.2 Å². The lowest BCUT2D eigenvalue weighted by molar-refractivity contribution is 0.103. The highest BCUT2D eigenvalue weighted by atomic mass is 32.2. The number of benzene rings is 2. The number of ether oxygens (including phenoxy) is 1. The minimum absolute atomic E-state index is 0.202. The maximum Gasteiger partial charge on any atom is 0.245 e. The van der Waals surface area contributed by atoms with Crippen LogP contribution in [0.5, 0.6) is 0 Å². The molecule has 0 atom stereocenters. The van der Waals surface area contributed by atoms with Crippen molar-refractivity contribution in [1.29, 1.82) is 0 Å². The monoisotopic (exact) mass is 469 g/mol. The van der Waals surface area contributed by atoms with Crippen LogP contribution in [0.15, 0.2) is 47.4 Å². The average molecular weight is 470 g/mol. The summed E-state index contributed by atoms with van der Waals surface area (Å²) < 4.78 is 44.6. The molecule has 0 saturated carbocycles. The molecule has 8 nitrogen and oxygen atoms in total. The maximum absolute atomic E-state index is 13.5. The molecule has 2 aromatic carbocycles. The van der Waals surface area contributed by atoms with E-state index >= 15 is 0 Å². The number of nitrogens with zero attached hydrogens (tertiary/aromatic N) is 5. The predicted octanol–water partition coefficient (Wildman–Crippen LogP) is 3.20. The Kier molecular flexibility index (Phi) is 5.54. The van der Waals surface area contributed by atoms with Crippen LogP contribution in [0, 0.1) is 6.92 Å². The van der Waals surface area contributed by atoms with E-state index in [1.807, 2.05) is 23.9 Å². The summed E-state index contributed by atoms with van der Waals surface area (Å²) in [6.45, 7) is 3.52. The number of aryl methyl sites for hydroxylation is 2. The van der Waals surface area contributed by atoms with Crippen LogP contribution in [-0.4, -0.2) is 37.8 Å². The Labute approximate surface area is 190 Å². The molecule has 166 valence electrons. The summed E-state index contributed by atoms with van der Waals surface area (Å²) >= 11 is 1.02. The molecule has 0 fully saturated rings. The van der Waals surface area contributed by atoms with Gasteiger partial charge < -0.3 is 4.74 Å². The maximum atomic E-state index is 13.5. The average Bonchev–Trinajstić information content (AvgIpc) is 3.39. The van der Waals surface area contributed by atoms with Gasteiger partial charge in [-0.25, -0.2) is 8.42 Å². The van der Waals surface area contributed by atoms with Gasteiger partial charge in [-0.1, -0.05) is 35.9 Å². The van der Waals surface area contributed by atoms with Crippen LogP contribution in [0.4, 0.5) is 0 Å². The fraction of sp³-hybridized carbons (Fsp3) is 0.318. The molecule has 0 N–H and O–H groups in total. The molecule has 10 heteroatoms. The van der Waals surface area contributed by atoms with Crippen molar-refractivity contribution in [2.75, 3.05) is 6.54 Å². The van der Waals surface area contributed by atoms with Crippen LogP contribution in [0.25, 0.3) is 11.0 Å². The van der Waals surface area contributed by atoms with Gasteiger partial charge in [0.25, 0.3) is 0 Å². The number of sulfonamides is 1. The first kappa shape index (κ1) is 21.2. The van der Waals surface area contributed by atoms with E-state index in [4.69, 9.17) is 4.74 Å². The third-order valence-electron chi connectivity index (χ3n) is 5.79. The second-order valence-electron chi connectivity index (χ2n) is 7.95. The molecule has 3 heterocycles. The first-order chi connectivity index (χ1) is 15.4. The lowest BCUT2D eigenvalue weighted by atomic mass is 10.1. The van der Waals surface area contributed by atoms with Crippen LogP contribution >= 0.6 is 11.7 Å². The SMILES string of the molecule is Cc1ccc(COCc2nn(C)c3c2CN(S(=O)(=O)c2cccc4nsnc24)CC3)cc1. The summed E-state index contributed by atoms with van der Waals surface area (Å²) in [4.78, 5) is 0.202. The van der Waals surface area contributed by atoms with Crippen molar-refractivity contribution in [1.82, 2.24) is 22.8 Å². The van der Waals surface area contributed by atoms with Crippen molar-refractivity contribution in [3.8, 4) is 0 Å². The Bertz CT molecular complexity index is 1380. The van der Waals surface area contributed by atoms with Gasteiger partial charge in [-0.3, -0.25) is 4.68 Å². The van der Waals surface area contributed by atoms with Gasteiger partial charge >= 0.3 is 0 Å². The largest absolute Gasteiger partial charge is 0.370 e. The van der Waals surface area contributed by atoms with Crippen molar-refractivity contribution in [3.63, 3.8) is 0 Å². The topological polar surface area (TPSA) is 90.2 Å². The molecule has 0 aliphatic carbocycles. The van der Waals surface area contributed by atoms with Gasteiger partial charge in [0.2, 0.25) is 10.0 Å². The zero-order valence-corrected chi connectivity index (χ0v) is 19.5. The Morgan fingerprint density at radius 1 is 1.09 bits per heavy atom. The van der Waals surface area contributed by atoms with Crippen molar-refractivity contribution in [2.24, 2.45) is 7.05 Å². The minimum Gasteiger partial charge on any atom is -0.370 e. The number of hydrogen-bond donors (Lipinski definition) is 0. The second kappa shape index (κ2) is 8.36. The number of hydrogen-bond acceptors (Lipinski definition) is 7. The molecule has 0 radical (unpaired) electrons. The highest BCUT2D eigenvalue weighted by molar-refractivity contribution is 7.89. The normalized spacial score (nSPS) is 14.7. The molecule has 32 heavy (non-hydrogen) atoms. The minimum atomic E-state index is -3.72. The molecular formula is C22H23N5O3S2. The Morgan fingerprint density at radius 2 is 1.91 bits per heavy atom. The van der Waals surface area contributed by atoms with Gasteiger partial charge in [0.1, 0.15) is 15.9 Å². The van der Waals surface area contributed by atoms with Gasteiger partial charge in [-0.2, -0.15) is 18.2 Å². The van der Waals surface area contributed by atoms with Crippen molar-refractivity contribution in [3.05, 3.63) is 70.5 Å². The summed E-state index contributed by atoms with van der Waals surface area (Å²) in [5, 5.41) is 4.62. The molecule has 5 rings (SSSR count). The van der Waals surface area contributed by atoms with E-state index in [-0.39, 0.29) is 11.4 Å².